The highest BCUT2D eigenvalue weighted by Gasteiger charge is 2.61. The lowest BCUT2D eigenvalue weighted by Gasteiger charge is -2.29. The fourth-order valence-corrected chi connectivity index (χ4v) is 7.42. The molecule has 6 rings (SSSR count). The van der Waals surface area contributed by atoms with Crippen molar-refractivity contribution in [3.63, 3.8) is 0 Å². The molecule has 1 aromatic heterocycles. The molecule has 0 spiro atoms. The van der Waals surface area contributed by atoms with E-state index in [4.69, 9.17) is 4.74 Å². The van der Waals surface area contributed by atoms with E-state index in [1.807, 2.05) is 47.9 Å². The number of imidazole rings is 1. The van der Waals surface area contributed by atoms with Crippen LogP contribution in [0.25, 0.3) is 11.0 Å². The average Bonchev–Trinajstić information content (AvgIpc) is 3.38. The highest BCUT2D eigenvalue weighted by atomic mass is 19.4. The molecule has 2 fully saturated rings. The predicted molar refractivity (Wildman–Crippen MR) is 169 cm³/mol. The van der Waals surface area contributed by atoms with Crippen molar-refractivity contribution in [1.82, 2.24) is 14.5 Å². The molecule has 0 radical (unpaired) electrons. The van der Waals surface area contributed by atoms with Crippen LogP contribution in [-0.2, 0) is 33.5 Å². The number of Topliss-reactive ketones (excluding diaryl/α,β-unsaturated/α-hetero) is 1. The number of nitrogens with zero attached hydrogens (tertiary/aromatic N) is 3. The number of rotatable bonds is 6. The van der Waals surface area contributed by atoms with Crippen LogP contribution < -0.4 is 4.74 Å². The van der Waals surface area contributed by atoms with Gasteiger partial charge in [-0.3, -0.25) is 19.0 Å². The third kappa shape index (κ3) is 6.84. The van der Waals surface area contributed by atoms with Gasteiger partial charge in [0.25, 0.3) is 6.01 Å². The molecule has 1 saturated carbocycles. The van der Waals surface area contributed by atoms with Gasteiger partial charge in [0.15, 0.2) is 5.78 Å². The second-order valence-electron chi connectivity index (χ2n) is 13.3. The second kappa shape index (κ2) is 13.4. The molecule has 2 aliphatic heterocycles. The SMILES string of the molecule is CCn1c(O[C@@H]2C[C@H]3C(=O)C[C@]4(C(=O)O)C[C@@H]4/C=C\CCCCC[C@H](Cc4cc(F)cc(C(F)(F)F)c4)C(=O)N3C2)nc2ccccc21. The average molecular weight is 670 g/mol. The smallest absolute Gasteiger partial charge is 0.416 e. The van der Waals surface area contributed by atoms with Crippen LogP contribution in [0.1, 0.15) is 69.4 Å². The maximum absolute atomic E-state index is 14.4. The van der Waals surface area contributed by atoms with Crippen LogP contribution in [0.4, 0.5) is 17.6 Å². The standard InChI is InChI=1S/C36H39F4N3O5/c1-2-42-29-13-9-8-12-28(29)41-34(42)48-27-18-30-31(44)20-35(33(46)47)19-24(35)11-7-5-3-4-6-10-23(32(45)43(30)21-27)14-22-15-25(36(38,39)40)17-26(37)16-22/h7-9,11-13,15-17,23-24,27,30H,2-6,10,14,18-21H2,1H3,(H,46,47)/b11-7-/t23-,24+,27-,30+,35-/m1/s1. The number of para-hydroxylation sites is 2. The van der Waals surface area contributed by atoms with E-state index in [2.05, 4.69) is 4.98 Å². The molecule has 1 aliphatic carbocycles. The normalized spacial score (nSPS) is 27.6. The number of hydrogen-bond donors (Lipinski definition) is 1. The number of carbonyl (C=O) groups excluding carboxylic acids is 2. The summed E-state index contributed by atoms with van der Waals surface area (Å²) in [6.45, 7) is 2.51. The largest absolute Gasteiger partial charge is 0.481 e. The lowest BCUT2D eigenvalue weighted by molar-refractivity contribution is -0.147. The number of aryl methyl sites for hydroxylation is 1. The Labute approximate surface area is 275 Å². The number of ether oxygens (including phenoxy) is 1. The van der Waals surface area contributed by atoms with Gasteiger partial charge in [0.2, 0.25) is 5.91 Å². The number of amides is 1. The number of alkyl halides is 3. The molecule has 1 saturated heterocycles. The van der Waals surface area contributed by atoms with Gasteiger partial charge in [0, 0.05) is 25.3 Å². The Morgan fingerprint density at radius 2 is 1.92 bits per heavy atom. The molecule has 8 nitrogen and oxygen atoms in total. The van der Waals surface area contributed by atoms with Crippen molar-refractivity contribution in [2.24, 2.45) is 17.3 Å². The summed E-state index contributed by atoms with van der Waals surface area (Å²) in [4.78, 5) is 46.9. The lowest BCUT2D eigenvalue weighted by Crippen LogP contribution is -2.45. The molecular weight excluding hydrogens is 630 g/mol. The summed E-state index contributed by atoms with van der Waals surface area (Å²) >= 11 is 0. The number of carboxylic acid groups (broad SMARTS) is 1. The van der Waals surface area contributed by atoms with Crippen molar-refractivity contribution in [3.05, 3.63) is 71.6 Å². The van der Waals surface area contributed by atoms with E-state index in [9.17, 15) is 37.1 Å². The molecule has 5 atom stereocenters. The molecule has 12 heteroatoms. The van der Waals surface area contributed by atoms with Gasteiger partial charge in [0.1, 0.15) is 11.9 Å². The zero-order valence-corrected chi connectivity index (χ0v) is 26.7. The molecule has 2 aromatic carbocycles. The predicted octanol–water partition coefficient (Wildman–Crippen LogP) is 6.99. The van der Waals surface area contributed by atoms with Gasteiger partial charge < -0.3 is 14.7 Å². The van der Waals surface area contributed by atoms with Gasteiger partial charge in [-0.25, -0.2) is 4.39 Å². The van der Waals surface area contributed by atoms with E-state index in [1.165, 1.54) is 4.90 Å². The number of aromatic nitrogens is 2. The first-order valence-electron chi connectivity index (χ1n) is 16.6. The van der Waals surface area contributed by atoms with Crippen molar-refractivity contribution < 1.29 is 41.8 Å². The molecule has 0 bridgehead atoms. The summed E-state index contributed by atoms with van der Waals surface area (Å²) in [5.74, 6) is -4.05. The third-order valence-corrected chi connectivity index (χ3v) is 10.1. The molecule has 0 unspecified atom stereocenters. The van der Waals surface area contributed by atoms with Crippen LogP contribution >= 0.6 is 0 Å². The molecule has 48 heavy (non-hydrogen) atoms. The van der Waals surface area contributed by atoms with E-state index < -0.39 is 58.7 Å². The monoisotopic (exact) mass is 669 g/mol. The number of hydrogen-bond acceptors (Lipinski definition) is 5. The van der Waals surface area contributed by atoms with Gasteiger partial charge in [0.05, 0.1) is 34.6 Å². The summed E-state index contributed by atoms with van der Waals surface area (Å²) in [6, 6.07) is 9.17. The highest BCUT2D eigenvalue weighted by molar-refractivity contribution is 5.95. The van der Waals surface area contributed by atoms with Gasteiger partial charge in [-0.15, -0.1) is 0 Å². The molecular formula is C36H39F4N3O5. The van der Waals surface area contributed by atoms with E-state index in [-0.39, 0.29) is 37.3 Å². The van der Waals surface area contributed by atoms with E-state index in [1.54, 1.807) is 0 Å². The maximum atomic E-state index is 14.4. The molecule has 3 aromatic rings. The van der Waals surface area contributed by atoms with E-state index in [0.717, 1.165) is 36.0 Å². The molecule has 3 heterocycles. The van der Waals surface area contributed by atoms with Crippen LogP contribution in [0, 0.1) is 23.1 Å². The lowest BCUT2D eigenvalue weighted by atomic mass is 9.90. The Kier molecular flexibility index (Phi) is 9.37. The molecule has 3 aliphatic rings. The van der Waals surface area contributed by atoms with E-state index in [0.29, 0.717) is 44.3 Å². The molecule has 256 valence electrons. The molecule has 1 N–H and O–H groups in total. The first-order valence-corrected chi connectivity index (χ1v) is 16.6. The quantitative estimate of drug-likeness (QED) is 0.224. The number of carboxylic acids is 1. The number of benzene rings is 2. The van der Waals surface area contributed by atoms with Crippen LogP contribution in [0.2, 0.25) is 0 Å². The number of carbonyl (C=O) groups is 3. The first-order chi connectivity index (χ1) is 22.9. The number of allylic oxidation sites excluding steroid dienone is 2. The van der Waals surface area contributed by atoms with Crippen molar-refractivity contribution in [2.45, 2.75) is 89.6 Å². The van der Waals surface area contributed by atoms with Crippen molar-refractivity contribution in [1.29, 1.82) is 0 Å². The van der Waals surface area contributed by atoms with Gasteiger partial charge >= 0.3 is 12.1 Å². The first kappa shape index (κ1) is 33.7. The Morgan fingerprint density at radius 3 is 2.67 bits per heavy atom. The second-order valence-corrected chi connectivity index (χ2v) is 13.3. The van der Waals surface area contributed by atoms with Crippen molar-refractivity contribution in [3.8, 4) is 6.01 Å². The fourth-order valence-electron chi connectivity index (χ4n) is 7.42. The third-order valence-electron chi connectivity index (χ3n) is 10.1. The zero-order chi connectivity index (χ0) is 34.2. The van der Waals surface area contributed by atoms with E-state index >= 15 is 0 Å². The van der Waals surface area contributed by atoms with Crippen LogP contribution in [-0.4, -0.2) is 55.9 Å². The number of fused-ring (bicyclic) bond motifs is 3. The minimum Gasteiger partial charge on any atom is -0.481 e. The van der Waals surface area contributed by atoms with Crippen LogP contribution in [0.5, 0.6) is 6.01 Å². The fraction of sp³-hybridized carbons (Fsp3) is 0.500. The summed E-state index contributed by atoms with van der Waals surface area (Å²) in [7, 11) is 0. The number of aliphatic carboxylic acids is 1. The van der Waals surface area contributed by atoms with Gasteiger partial charge in [-0.05, 0) is 80.8 Å². The van der Waals surface area contributed by atoms with Crippen molar-refractivity contribution in [2.75, 3.05) is 6.54 Å². The zero-order valence-electron chi connectivity index (χ0n) is 26.7. The minimum absolute atomic E-state index is 0.0129. The van der Waals surface area contributed by atoms with Crippen LogP contribution in [0.15, 0.2) is 54.6 Å². The van der Waals surface area contributed by atoms with Gasteiger partial charge in [-0.1, -0.05) is 37.1 Å². The number of halogens is 4. The topological polar surface area (TPSA) is 102 Å². The summed E-state index contributed by atoms with van der Waals surface area (Å²) in [5.41, 5.74) is -0.752. The minimum atomic E-state index is -4.76. The van der Waals surface area contributed by atoms with Crippen molar-refractivity contribution >= 4 is 28.7 Å². The van der Waals surface area contributed by atoms with Crippen LogP contribution in [0.3, 0.4) is 0 Å². The highest BCUT2D eigenvalue weighted by Crippen LogP contribution is 2.57. The maximum Gasteiger partial charge on any atom is 0.416 e. The Bertz CT molecular complexity index is 1740. The van der Waals surface area contributed by atoms with Gasteiger partial charge in [-0.2, -0.15) is 18.2 Å². The summed E-state index contributed by atoms with van der Waals surface area (Å²) < 4.78 is 63.3. The Balaban J connectivity index is 1.33. The molecule has 1 amide bonds. The summed E-state index contributed by atoms with van der Waals surface area (Å²) in [6.07, 6.45) is 1.60. The summed E-state index contributed by atoms with van der Waals surface area (Å²) in [5, 5.41) is 10.2. The number of ketones is 1. The Morgan fingerprint density at radius 1 is 1.12 bits per heavy atom. The Hall–Kier alpha value is -4.22.